The second-order valence-electron chi connectivity index (χ2n) is 7.22. The van der Waals surface area contributed by atoms with Gasteiger partial charge in [-0.25, -0.2) is 4.68 Å². The molecule has 1 aliphatic rings. The summed E-state index contributed by atoms with van der Waals surface area (Å²) in [5, 5.41) is 13.9. The Hall–Kier alpha value is -2.58. The van der Waals surface area contributed by atoms with Gasteiger partial charge in [-0.05, 0) is 49.4 Å². The molecule has 0 fully saturated rings. The minimum Gasteiger partial charge on any atom is -0.328 e. The van der Waals surface area contributed by atoms with E-state index in [9.17, 15) is 4.79 Å². The summed E-state index contributed by atoms with van der Waals surface area (Å²) in [6.07, 6.45) is 2.26. The number of rotatable bonds is 7. The zero-order valence-corrected chi connectivity index (χ0v) is 18.9. The van der Waals surface area contributed by atoms with E-state index >= 15 is 0 Å². The molecule has 0 aliphatic carbocycles. The maximum Gasteiger partial charge on any atom is 0.255 e. The third-order valence-electron chi connectivity index (χ3n) is 4.99. The van der Waals surface area contributed by atoms with Gasteiger partial charge in [0.2, 0.25) is 11.1 Å². The summed E-state index contributed by atoms with van der Waals surface area (Å²) in [5.41, 5.74) is 3.37. The van der Waals surface area contributed by atoms with Gasteiger partial charge in [0.05, 0.1) is 5.57 Å². The quantitative estimate of drug-likeness (QED) is 0.377. The molecule has 0 saturated heterocycles. The zero-order chi connectivity index (χ0) is 21.1. The van der Waals surface area contributed by atoms with Crippen LogP contribution in [-0.2, 0) is 4.79 Å². The molecule has 1 amide bonds. The largest absolute Gasteiger partial charge is 0.328 e. The van der Waals surface area contributed by atoms with Gasteiger partial charge in [-0.2, -0.15) is 4.98 Å². The van der Waals surface area contributed by atoms with Gasteiger partial charge in [0, 0.05) is 22.0 Å². The summed E-state index contributed by atoms with van der Waals surface area (Å²) in [5.74, 6) is 1.53. The van der Waals surface area contributed by atoms with Crippen molar-refractivity contribution in [3.05, 3.63) is 63.5 Å². The maximum absolute atomic E-state index is 13.4. The van der Waals surface area contributed by atoms with Crippen molar-refractivity contribution in [1.82, 2.24) is 14.8 Å². The summed E-state index contributed by atoms with van der Waals surface area (Å²) >= 11 is 3.30. The van der Waals surface area contributed by atoms with Gasteiger partial charge in [0.25, 0.3) is 5.91 Å². The van der Waals surface area contributed by atoms with Gasteiger partial charge in [0.15, 0.2) is 0 Å². The number of aromatic nitrogens is 3. The van der Waals surface area contributed by atoms with Crippen molar-refractivity contribution in [3.8, 4) is 0 Å². The van der Waals surface area contributed by atoms with Gasteiger partial charge in [0.1, 0.15) is 6.04 Å². The molecular formula is C22H25N5OS2. The summed E-state index contributed by atoms with van der Waals surface area (Å²) in [7, 11) is 0. The van der Waals surface area contributed by atoms with Gasteiger partial charge in [-0.15, -0.1) is 16.4 Å². The zero-order valence-electron chi connectivity index (χ0n) is 17.3. The normalized spacial score (nSPS) is 15.6. The number of allylic oxidation sites excluding steroid dienone is 1. The molecule has 3 heterocycles. The molecule has 4 rings (SSSR count). The molecule has 1 unspecified atom stereocenters. The van der Waals surface area contributed by atoms with E-state index in [1.165, 1.54) is 0 Å². The first-order valence-electron chi connectivity index (χ1n) is 10.1. The highest BCUT2D eigenvalue weighted by atomic mass is 32.2. The number of carbonyl (C=O) groups is 1. The van der Waals surface area contributed by atoms with Crippen LogP contribution in [-0.4, -0.2) is 26.4 Å². The number of thiophene rings is 1. The van der Waals surface area contributed by atoms with E-state index in [1.807, 2.05) is 41.9 Å². The van der Waals surface area contributed by atoms with Crippen molar-refractivity contribution in [2.45, 2.75) is 44.8 Å². The van der Waals surface area contributed by atoms with Crippen LogP contribution >= 0.6 is 23.1 Å². The Kier molecular flexibility index (Phi) is 6.24. The maximum atomic E-state index is 13.4. The first kappa shape index (κ1) is 20.7. The minimum absolute atomic E-state index is 0.134. The van der Waals surface area contributed by atoms with E-state index in [1.54, 1.807) is 23.1 Å². The average molecular weight is 440 g/mol. The van der Waals surface area contributed by atoms with Crippen LogP contribution in [0.5, 0.6) is 0 Å². The summed E-state index contributed by atoms with van der Waals surface area (Å²) in [6, 6.07) is 11.3. The number of carbonyl (C=O) groups excluding carboxylic acids is 1. The lowest BCUT2D eigenvalue weighted by Crippen LogP contribution is -2.31. The fourth-order valence-electron chi connectivity index (χ4n) is 3.42. The molecule has 3 aromatic rings. The van der Waals surface area contributed by atoms with Crippen molar-refractivity contribution in [3.63, 3.8) is 0 Å². The van der Waals surface area contributed by atoms with E-state index in [0.717, 1.165) is 45.6 Å². The average Bonchev–Trinajstić information content (AvgIpc) is 3.33. The van der Waals surface area contributed by atoms with Crippen molar-refractivity contribution in [2.75, 3.05) is 16.4 Å². The van der Waals surface area contributed by atoms with Gasteiger partial charge in [-0.3, -0.25) is 4.79 Å². The van der Waals surface area contributed by atoms with Crippen LogP contribution in [0.4, 0.5) is 11.6 Å². The summed E-state index contributed by atoms with van der Waals surface area (Å²) in [4.78, 5) is 19.1. The molecule has 2 aromatic heterocycles. The molecule has 0 saturated carbocycles. The molecule has 6 nitrogen and oxygen atoms in total. The third-order valence-corrected chi connectivity index (χ3v) is 6.98. The van der Waals surface area contributed by atoms with Crippen LogP contribution in [0.2, 0.25) is 0 Å². The first-order chi connectivity index (χ1) is 14.6. The Morgan fingerprint density at radius 3 is 2.77 bits per heavy atom. The highest BCUT2D eigenvalue weighted by molar-refractivity contribution is 7.99. The number of anilines is 2. The Labute approximate surface area is 184 Å². The molecule has 8 heteroatoms. The van der Waals surface area contributed by atoms with E-state index in [2.05, 4.69) is 40.9 Å². The molecule has 2 N–H and O–H groups in total. The monoisotopic (exact) mass is 439 g/mol. The standard InChI is InChI=1S/C22H25N5OS2/c1-4-5-12-30-22-25-21-23-15(3)17(20(28)24-16-9-7-6-8-10-16)18(27(21)26-22)19-14(2)11-13-29-19/h6-11,13,18H,4-5,12H2,1-3H3,(H,24,28)(H,23,25,26). The number of nitrogens with zero attached hydrogens (tertiary/aromatic N) is 3. The Morgan fingerprint density at radius 1 is 1.27 bits per heavy atom. The van der Waals surface area contributed by atoms with Crippen LogP contribution < -0.4 is 10.6 Å². The SMILES string of the molecule is CCCCSc1nc2n(n1)C(c1sccc1C)C(C(=O)Nc1ccccc1)=C(C)N2. The molecule has 1 aliphatic heterocycles. The predicted octanol–water partition coefficient (Wildman–Crippen LogP) is 5.47. The first-order valence-corrected chi connectivity index (χ1v) is 11.9. The molecule has 0 spiro atoms. The van der Waals surface area contributed by atoms with Crippen molar-refractivity contribution >= 4 is 40.6 Å². The van der Waals surface area contributed by atoms with Gasteiger partial charge in [-0.1, -0.05) is 43.3 Å². The number of unbranched alkanes of at least 4 members (excludes halogenated alkanes) is 1. The Morgan fingerprint density at radius 2 is 2.07 bits per heavy atom. The number of hydrogen-bond acceptors (Lipinski definition) is 6. The van der Waals surface area contributed by atoms with Crippen LogP contribution in [0.3, 0.4) is 0 Å². The Balaban J connectivity index is 1.72. The second kappa shape index (κ2) is 9.06. The number of fused-ring (bicyclic) bond motifs is 1. The fourth-order valence-corrected chi connectivity index (χ4v) is 5.35. The molecular weight excluding hydrogens is 414 g/mol. The van der Waals surface area contributed by atoms with E-state index in [4.69, 9.17) is 5.10 Å². The van der Waals surface area contributed by atoms with E-state index in [0.29, 0.717) is 11.5 Å². The smallest absolute Gasteiger partial charge is 0.255 e. The van der Waals surface area contributed by atoms with Crippen molar-refractivity contribution < 1.29 is 4.79 Å². The second-order valence-corrected chi connectivity index (χ2v) is 9.23. The van der Waals surface area contributed by atoms with Crippen LogP contribution in [0.1, 0.15) is 43.2 Å². The van der Waals surface area contributed by atoms with Gasteiger partial charge >= 0.3 is 0 Å². The molecule has 0 bridgehead atoms. The van der Waals surface area contributed by atoms with Crippen molar-refractivity contribution in [1.29, 1.82) is 0 Å². The summed E-state index contributed by atoms with van der Waals surface area (Å²) < 4.78 is 1.86. The highest BCUT2D eigenvalue weighted by Crippen LogP contribution is 2.40. The lowest BCUT2D eigenvalue weighted by molar-refractivity contribution is -0.113. The fraction of sp³-hybridized carbons (Fsp3) is 0.318. The van der Waals surface area contributed by atoms with E-state index in [-0.39, 0.29) is 11.9 Å². The number of benzene rings is 1. The topological polar surface area (TPSA) is 71.8 Å². The van der Waals surface area contributed by atoms with E-state index < -0.39 is 0 Å². The number of amides is 1. The molecule has 0 radical (unpaired) electrons. The van der Waals surface area contributed by atoms with Crippen LogP contribution in [0.25, 0.3) is 0 Å². The van der Waals surface area contributed by atoms with Crippen LogP contribution in [0.15, 0.2) is 58.2 Å². The molecule has 1 aromatic carbocycles. The number of nitrogens with one attached hydrogen (secondary N) is 2. The molecule has 30 heavy (non-hydrogen) atoms. The third kappa shape index (κ3) is 4.15. The van der Waals surface area contributed by atoms with Crippen LogP contribution in [0, 0.1) is 6.92 Å². The minimum atomic E-state index is -0.307. The lowest BCUT2D eigenvalue weighted by Gasteiger charge is -2.28. The number of hydrogen-bond donors (Lipinski definition) is 2. The van der Waals surface area contributed by atoms with Gasteiger partial charge < -0.3 is 10.6 Å². The molecule has 156 valence electrons. The highest BCUT2D eigenvalue weighted by Gasteiger charge is 2.35. The lowest BCUT2D eigenvalue weighted by atomic mass is 9.99. The number of aryl methyl sites for hydroxylation is 1. The number of thioether (sulfide) groups is 1. The number of para-hydroxylation sites is 1. The predicted molar refractivity (Wildman–Crippen MR) is 124 cm³/mol. The summed E-state index contributed by atoms with van der Waals surface area (Å²) in [6.45, 7) is 6.18. The molecule has 1 atom stereocenters. The Bertz CT molecular complexity index is 1070. The van der Waals surface area contributed by atoms with Crippen molar-refractivity contribution in [2.24, 2.45) is 0 Å².